The van der Waals surface area contributed by atoms with E-state index in [9.17, 15) is 8.42 Å². The highest BCUT2D eigenvalue weighted by Gasteiger charge is 2.26. The van der Waals surface area contributed by atoms with Gasteiger partial charge in [0.25, 0.3) is 0 Å². The van der Waals surface area contributed by atoms with Crippen molar-refractivity contribution in [3.8, 4) is 0 Å². The standard InChI is InChI=1S/C12H16N2O2S/c1-14(2)7-10-8-17(15,16)12-4-3-9(6-13)5-11(10)12/h3-5,8H,6-7,13H2,1-2H3. The van der Waals surface area contributed by atoms with Crippen molar-refractivity contribution in [2.75, 3.05) is 20.6 Å². The topological polar surface area (TPSA) is 63.4 Å². The SMILES string of the molecule is CN(C)CC1=CS(=O)(=O)c2ccc(CN)cc21. The van der Waals surface area contributed by atoms with Gasteiger partial charge in [-0.3, -0.25) is 0 Å². The number of sulfone groups is 1. The van der Waals surface area contributed by atoms with E-state index in [0.717, 1.165) is 16.7 Å². The minimum Gasteiger partial charge on any atom is -0.326 e. The maximum absolute atomic E-state index is 11.9. The van der Waals surface area contributed by atoms with Gasteiger partial charge in [0.1, 0.15) is 0 Å². The van der Waals surface area contributed by atoms with Crippen molar-refractivity contribution in [2.45, 2.75) is 11.4 Å². The highest BCUT2D eigenvalue weighted by molar-refractivity contribution is 7.95. The third kappa shape index (κ3) is 2.26. The highest BCUT2D eigenvalue weighted by atomic mass is 32.2. The van der Waals surface area contributed by atoms with Crippen LogP contribution in [0.2, 0.25) is 0 Å². The second-order valence-corrected chi connectivity index (χ2v) is 6.23. The maximum Gasteiger partial charge on any atom is 0.200 e. The van der Waals surface area contributed by atoms with Crippen LogP contribution >= 0.6 is 0 Å². The first-order valence-corrected chi connectivity index (χ1v) is 6.92. The van der Waals surface area contributed by atoms with E-state index in [1.807, 2.05) is 25.1 Å². The second kappa shape index (κ2) is 4.25. The van der Waals surface area contributed by atoms with Crippen LogP contribution in [0, 0.1) is 0 Å². The number of hydrogen-bond donors (Lipinski definition) is 1. The lowest BCUT2D eigenvalue weighted by Gasteiger charge is -2.11. The van der Waals surface area contributed by atoms with Gasteiger partial charge >= 0.3 is 0 Å². The molecule has 1 aromatic rings. The van der Waals surface area contributed by atoms with Crippen LogP contribution in [0.15, 0.2) is 28.5 Å². The molecule has 1 aliphatic heterocycles. The molecule has 0 bridgehead atoms. The molecule has 17 heavy (non-hydrogen) atoms. The van der Waals surface area contributed by atoms with Crippen LogP contribution in [0.5, 0.6) is 0 Å². The lowest BCUT2D eigenvalue weighted by atomic mass is 10.0. The summed E-state index contributed by atoms with van der Waals surface area (Å²) in [7, 11) is 0.575. The van der Waals surface area contributed by atoms with Gasteiger partial charge < -0.3 is 10.6 Å². The maximum atomic E-state index is 11.9. The van der Waals surface area contributed by atoms with Crippen molar-refractivity contribution < 1.29 is 8.42 Å². The van der Waals surface area contributed by atoms with Crippen molar-refractivity contribution in [1.82, 2.24) is 4.90 Å². The Kier molecular flexibility index (Phi) is 3.07. The fourth-order valence-corrected chi connectivity index (χ4v) is 3.44. The van der Waals surface area contributed by atoms with Gasteiger partial charge in [-0.1, -0.05) is 6.07 Å². The Hall–Kier alpha value is -1.17. The molecular formula is C12H16N2O2S. The first-order valence-electron chi connectivity index (χ1n) is 5.38. The molecule has 1 aliphatic rings. The molecule has 0 amide bonds. The number of fused-ring (bicyclic) bond motifs is 1. The van der Waals surface area contributed by atoms with Crippen molar-refractivity contribution in [3.05, 3.63) is 34.7 Å². The molecule has 0 fully saturated rings. The van der Waals surface area contributed by atoms with Gasteiger partial charge in [0.15, 0.2) is 0 Å². The van der Waals surface area contributed by atoms with Crippen LogP contribution in [-0.2, 0) is 16.4 Å². The molecule has 2 rings (SSSR count). The van der Waals surface area contributed by atoms with Crippen molar-refractivity contribution in [3.63, 3.8) is 0 Å². The third-order valence-electron chi connectivity index (χ3n) is 2.72. The molecule has 1 aromatic carbocycles. The normalized spacial score (nSPS) is 17.1. The summed E-state index contributed by atoms with van der Waals surface area (Å²) >= 11 is 0. The van der Waals surface area contributed by atoms with Crippen LogP contribution in [0.25, 0.3) is 5.57 Å². The molecule has 1 heterocycles. The molecule has 0 spiro atoms. The summed E-state index contributed by atoms with van der Waals surface area (Å²) in [6.07, 6.45) is 0. The van der Waals surface area contributed by atoms with Crippen LogP contribution in [0.3, 0.4) is 0 Å². The summed E-state index contributed by atoms with van der Waals surface area (Å²) < 4.78 is 23.8. The highest BCUT2D eigenvalue weighted by Crippen LogP contribution is 2.34. The van der Waals surface area contributed by atoms with Gasteiger partial charge in [-0.15, -0.1) is 0 Å². The Morgan fingerprint density at radius 2 is 2.00 bits per heavy atom. The number of nitrogens with zero attached hydrogens (tertiary/aromatic N) is 1. The lowest BCUT2D eigenvalue weighted by molar-refractivity contribution is 0.463. The van der Waals surface area contributed by atoms with E-state index in [1.54, 1.807) is 12.1 Å². The third-order valence-corrected chi connectivity index (χ3v) is 4.28. The molecule has 92 valence electrons. The molecule has 0 aromatic heterocycles. The average molecular weight is 252 g/mol. The Bertz CT molecular complexity index is 574. The minimum absolute atomic E-state index is 0.395. The zero-order valence-corrected chi connectivity index (χ0v) is 10.8. The van der Waals surface area contributed by atoms with Gasteiger partial charge in [0, 0.05) is 18.5 Å². The van der Waals surface area contributed by atoms with Crippen molar-refractivity contribution >= 4 is 15.4 Å². The van der Waals surface area contributed by atoms with Gasteiger partial charge in [-0.2, -0.15) is 0 Å². The van der Waals surface area contributed by atoms with E-state index < -0.39 is 9.84 Å². The lowest BCUT2D eigenvalue weighted by Crippen LogP contribution is -2.14. The predicted octanol–water partition coefficient (Wildman–Crippen LogP) is 0.835. The molecule has 0 atom stereocenters. The Morgan fingerprint density at radius 1 is 1.29 bits per heavy atom. The summed E-state index contributed by atoms with van der Waals surface area (Å²) in [6.45, 7) is 1.03. The van der Waals surface area contributed by atoms with Gasteiger partial charge in [-0.05, 0) is 42.9 Å². The molecule has 2 N–H and O–H groups in total. The zero-order chi connectivity index (χ0) is 12.6. The van der Waals surface area contributed by atoms with Crippen LogP contribution in [0.1, 0.15) is 11.1 Å². The van der Waals surface area contributed by atoms with Crippen LogP contribution in [-0.4, -0.2) is 34.0 Å². The zero-order valence-electron chi connectivity index (χ0n) is 9.97. The average Bonchev–Trinajstić information content (AvgIpc) is 2.49. The summed E-state index contributed by atoms with van der Waals surface area (Å²) in [5.41, 5.74) is 8.16. The number of likely N-dealkylation sites (N-methyl/N-ethyl adjacent to an activating group) is 1. The quantitative estimate of drug-likeness (QED) is 0.865. The number of benzene rings is 1. The van der Waals surface area contributed by atoms with Crippen molar-refractivity contribution in [2.24, 2.45) is 5.73 Å². The van der Waals surface area contributed by atoms with Gasteiger partial charge in [0.2, 0.25) is 9.84 Å². The summed E-state index contributed by atoms with van der Waals surface area (Å²) in [4.78, 5) is 2.34. The summed E-state index contributed by atoms with van der Waals surface area (Å²) in [5.74, 6) is 0. The Balaban J connectivity index is 2.54. The first kappa shape index (κ1) is 12.3. The molecule has 0 unspecified atom stereocenters. The fourth-order valence-electron chi connectivity index (χ4n) is 1.98. The van der Waals surface area contributed by atoms with E-state index in [4.69, 9.17) is 5.73 Å². The molecular weight excluding hydrogens is 236 g/mol. The van der Waals surface area contributed by atoms with Gasteiger partial charge in [-0.25, -0.2) is 8.42 Å². The van der Waals surface area contributed by atoms with E-state index in [-0.39, 0.29) is 0 Å². The first-order chi connectivity index (χ1) is 7.94. The summed E-state index contributed by atoms with van der Waals surface area (Å²) in [6, 6.07) is 5.28. The molecule has 0 radical (unpaired) electrons. The van der Waals surface area contributed by atoms with Crippen LogP contribution < -0.4 is 5.73 Å². The van der Waals surface area contributed by atoms with Crippen LogP contribution in [0.4, 0.5) is 0 Å². The molecule has 4 nitrogen and oxygen atoms in total. The molecule has 0 saturated carbocycles. The fraction of sp³-hybridized carbons (Fsp3) is 0.333. The van der Waals surface area contributed by atoms with E-state index in [1.165, 1.54) is 5.41 Å². The Morgan fingerprint density at radius 3 is 2.59 bits per heavy atom. The van der Waals surface area contributed by atoms with E-state index in [0.29, 0.717) is 18.0 Å². The molecule has 5 heteroatoms. The summed E-state index contributed by atoms with van der Waals surface area (Å²) in [5, 5.41) is 1.36. The molecule has 0 saturated heterocycles. The largest absolute Gasteiger partial charge is 0.326 e. The monoisotopic (exact) mass is 252 g/mol. The number of nitrogens with two attached hydrogens (primary N) is 1. The minimum atomic E-state index is -3.25. The predicted molar refractivity (Wildman–Crippen MR) is 68.1 cm³/mol. The molecule has 0 aliphatic carbocycles. The smallest absolute Gasteiger partial charge is 0.200 e. The van der Waals surface area contributed by atoms with E-state index in [2.05, 4.69) is 0 Å². The number of hydrogen-bond acceptors (Lipinski definition) is 4. The van der Waals surface area contributed by atoms with Crippen molar-refractivity contribution in [1.29, 1.82) is 0 Å². The number of rotatable bonds is 3. The Labute approximate surface area is 102 Å². The van der Waals surface area contributed by atoms with E-state index >= 15 is 0 Å². The second-order valence-electron chi connectivity index (χ2n) is 4.46. The van der Waals surface area contributed by atoms with Gasteiger partial charge in [0.05, 0.1) is 4.90 Å².